The Morgan fingerprint density at radius 3 is 2.83 bits per heavy atom. The third-order valence-corrected chi connectivity index (χ3v) is 4.66. The predicted molar refractivity (Wildman–Crippen MR) is 107 cm³/mol. The van der Waals surface area contributed by atoms with Crippen LogP contribution < -0.4 is 5.32 Å². The van der Waals surface area contributed by atoms with Gasteiger partial charge >= 0.3 is 0 Å². The second-order valence-corrected chi connectivity index (χ2v) is 7.33. The van der Waals surface area contributed by atoms with E-state index in [1.165, 1.54) is 30.5 Å². The first kappa shape index (κ1) is 19.4. The van der Waals surface area contributed by atoms with E-state index in [9.17, 15) is 13.9 Å². The van der Waals surface area contributed by atoms with E-state index in [2.05, 4.69) is 15.3 Å². The van der Waals surface area contributed by atoms with Crippen molar-refractivity contribution in [2.24, 2.45) is 4.99 Å². The van der Waals surface area contributed by atoms with Crippen LogP contribution in [0.1, 0.15) is 19.4 Å². The van der Waals surface area contributed by atoms with Crippen LogP contribution in [0.2, 0.25) is 0 Å². The second-order valence-electron chi connectivity index (χ2n) is 7.33. The molecule has 1 aromatic heterocycles. The van der Waals surface area contributed by atoms with E-state index in [4.69, 9.17) is 9.47 Å². The molecule has 0 saturated carbocycles. The molecular weight excluding hydrogens is 380 g/mol. The number of rotatable bonds is 5. The van der Waals surface area contributed by atoms with Crippen LogP contribution >= 0.6 is 0 Å². The number of hydrogen-bond donors (Lipinski definition) is 3. The van der Waals surface area contributed by atoms with Crippen molar-refractivity contribution in [2.75, 3.05) is 18.5 Å². The molecule has 152 valence electrons. The summed E-state index contributed by atoms with van der Waals surface area (Å²) < 4.78 is 39.1. The summed E-state index contributed by atoms with van der Waals surface area (Å²) in [5.74, 6) is -1.64. The summed E-state index contributed by atoms with van der Waals surface area (Å²) >= 11 is 0. The van der Waals surface area contributed by atoms with Gasteiger partial charge in [0.2, 0.25) is 0 Å². The molecule has 0 aliphatic carbocycles. The quantitative estimate of drug-likeness (QED) is 0.552. The summed E-state index contributed by atoms with van der Waals surface area (Å²) in [4.78, 5) is 6.96. The zero-order chi connectivity index (χ0) is 20.6. The Morgan fingerprint density at radius 2 is 2.10 bits per heavy atom. The van der Waals surface area contributed by atoms with E-state index in [1.807, 2.05) is 13.8 Å². The van der Waals surface area contributed by atoms with Crippen molar-refractivity contribution < 1.29 is 23.4 Å². The van der Waals surface area contributed by atoms with Gasteiger partial charge < -0.3 is 24.9 Å². The molecule has 1 atom stereocenters. The highest BCUT2D eigenvalue weighted by atomic mass is 19.1. The molecule has 1 fully saturated rings. The molecule has 1 unspecified atom stereocenters. The molecule has 8 heteroatoms. The number of H-pyrrole nitrogens is 1. The van der Waals surface area contributed by atoms with Gasteiger partial charge in [0.25, 0.3) is 0 Å². The molecule has 4 rings (SSSR count). The molecule has 0 bridgehead atoms. The second kappa shape index (κ2) is 7.46. The van der Waals surface area contributed by atoms with Gasteiger partial charge in [-0.2, -0.15) is 0 Å². The van der Waals surface area contributed by atoms with Gasteiger partial charge in [-0.25, -0.2) is 8.78 Å². The van der Waals surface area contributed by atoms with Gasteiger partial charge in [-0.1, -0.05) is 0 Å². The van der Waals surface area contributed by atoms with Crippen LogP contribution in [0.4, 0.5) is 20.2 Å². The first-order chi connectivity index (χ1) is 13.8. The van der Waals surface area contributed by atoms with Gasteiger partial charge in [0.05, 0.1) is 23.5 Å². The summed E-state index contributed by atoms with van der Waals surface area (Å²) in [7, 11) is 0. The molecular formula is C21H21F2N3O3. The molecule has 0 radical (unpaired) electrons. The van der Waals surface area contributed by atoms with Crippen LogP contribution in [0, 0.1) is 11.6 Å². The fourth-order valence-electron chi connectivity index (χ4n) is 3.26. The number of anilines is 1. The van der Waals surface area contributed by atoms with Crippen molar-refractivity contribution in [1.29, 1.82) is 0 Å². The zero-order valence-electron chi connectivity index (χ0n) is 16.0. The third-order valence-electron chi connectivity index (χ3n) is 4.66. The van der Waals surface area contributed by atoms with Gasteiger partial charge in [0.1, 0.15) is 17.7 Å². The van der Waals surface area contributed by atoms with Crippen molar-refractivity contribution in [1.82, 2.24) is 4.98 Å². The van der Waals surface area contributed by atoms with Crippen LogP contribution in [-0.4, -0.2) is 41.3 Å². The fraction of sp³-hybridized carbons (Fsp3) is 0.286. The lowest BCUT2D eigenvalue weighted by molar-refractivity contribution is -0.136. The van der Waals surface area contributed by atoms with Crippen LogP contribution in [0.5, 0.6) is 5.88 Å². The Bertz CT molecular complexity index is 1080. The molecule has 3 N–H and O–H groups in total. The van der Waals surface area contributed by atoms with Gasteiger partial charge in [-0.15, -0.1) is 0 Å². The average Bonchev–Trinajstić information content (AvgIpc) is 3.17. The van der Waals surface area contributed by atoms with E-state index in [0.29, 0.717) is 41.0 Å². The molecule has 1 saturated heterocycles. The number of ether oxygens (including phenoxy) is 2. The maximum Gasteiger partial charge on any atom is 0.198 e. The number of halogens is 2. The van der Waals surface area contributed by atoms with Crippen LogP contribution in [0.15, 0.2) is 41.4 Å². The summed E-state index contributed by atoms with van der Waals surface area (Å²) in [6.07, 6.45) is 1.22. The van der Waals surface area contributed by atoms with E-state index in [1.54, 1.807) is 12.1 Å². The summed E-state index contributed by atoms with van der Waals surface area (Å²) in [6.45, 7) is 4.52. The summed E-state index contributed by atoms with van der Waals surface area (Å²) in [6, 6.07) is 8.63. The maximum atomic E-state index is 14.4. The minimum Gasteiger partial charge on any atom is -0.494 e. The van der Waals surface area contributed by atoms with Crippen molar-refractivity contribution in [2.45, 2.75) is 25.7 Å². The number of aromatic hydroxyl groups is 1. The third kappa shape index (κ3) is 4.23. The fourth-order valence-corrected chi connectivity index (χ4v) is 3.26. The van der Waals surface area contributed by atoms with Gasteiger partial charge in [0, 0.05) is 29.7 Å². The van der Waals surface area contributed by atoms with Crippen LogP contribution in [0.25, 0.3) is 10.9 Å². The van der Waals surface area contributed by atoms with Crippen molar-refractivity contribution in [3.8, 4) is 5.88 Å². The monoisotopic (exact) mass is 401 g/mol. The smallest absolute Gasteiger partial charge is 0.198 e. The molecule has 0 amide bonds. The van der Waals surface area contributed by atoms with E-state index in [0.717, 1.165) is 0 Å². The minimum atomic E-state index is -0.625. The summed E-state index contributed by atoms with van der Waals surface area (Å²) in [5.41, 5.74) is 1.61. The number of nitrogens with one attached hydrogen (secondary N) is 2. The number of fused-ring (bicyclic) bond motifs is 1. The van der Waals surface area contributed by atoms with Gasteiger partial charge in [-0.3, -0.25) is 4.99 Å². The van der Waals surface area contributed by atoms with Crippen LogP contribution in [0.3, 0.4) is 0 Å². The number of aromatic amines is 1. The lowest BCUT2D eigenvalue weighted by Crippen LogP contribution is -2.26. The zero-order valence-corrected chi connectivity index (χ0v) is 16.0. The lowest BCUT2D eigenvalue weighted by atomic mass is 10.2. The molecule has 1 aliphatic heterocycles. The normalized spacial score (nSPS) is 18.7. The first-order valence-electron chi connectivity index (χ1n) is 9.20. The van der Waals surface area contributed by atoms with Crippen LogP contribution in [-0.2, 0) is 9.47 Å². The number of aromatic nitrogens is 1. The molecule has 6 nitrogen and oxygen atoms in total. The number of hydrogen-bond acceptors (Lipinski definition) is 5. The first-order valence-corrected chi connectivity index (χ1v) is 9.20. The summed E-state index contributed by atoms with van der Waals surface area (Å²) in [5, 5.41) is 13.5. The van der Waals surface area contributed by atoms with Crippen molar-refractivity contribution in [3.63, 3.8) is 0 Å². The highest BCUT2D eigenvalue weighted by Crippen LogP contribution is 2.28. The Balaban J connectivity index is 1.47. The predicted octanol–water partition coefficient (Wildman–Crippen LogP) is 4.47. The van der Waals surface area contributed by atoms with Crippen molar-refractivity contribution >= 4 is 28.5 Å². The standard InChI is InChI=1S/C21H21F2N3O3/c1-21(2)28-11-14(29-21)9-25-19-6-4-13(8-17(19)23)24-10-16-15-7-12(22)3-5-18(15)26-20(16)27/h3-8,10,14,25-27H,9,11H2,1-2H3. The SMILES string of the molecule is CC1(C)OCC(CNc2ccc(N=Cc3c(O)[nH]c4ccc(F)cc34)cc2F)O1. The molecule has 1 aliphatic rings. The Morgan fingerprint density at radius 1 is 1.28 bits per heavy atom. The average molecular weight is 401 g/mol. The maximum absolute atomic E-state index is 14.4. The Hall–Kier alpha value is -2.97. The van der Waals surface area contributed by atoms with Gasteiger partial charge in [0.15, 0.2) is 11.7 Å². The highest BCUT2D eigenvalue weighted by Gasteiger charge is 2.32. The molecule has 3 aromatic rings. The topological polar surface area (TPSA) is 78.9 Å². The molecule has 0 spiro atoms. The van der Waals surface area contributed by atoms with Crippen molar-refractivity contribution in [3.05, 3.63) is 53.6 Å². The Labute approximate surface area is 166 Å². The molecule has 2 heterocycles. The van der Waals surface area contributed by atoms with Gasteiger partial charge in [-0.05, 0) is 44.2 Å². The number of aliphatic imine (C=N–C) groups is 1. The molecule has 29 heavy (non-hydrogen) atoms. The van der Waals surface area contributed by atoms with E-state index < -0.39 is 17.4 Å². The van der Waals surface area contributed by atoms with E-state index in [-0.39, 0.29) is 12.0 Å². The Kier molecular flexibility index (Phi) is 4.97. The van der Waals surface area contributed by atoms with E-state index >= 15 is 0 Å². The number of benzene rings is 2. The highest BCUT2D eigenvalue weighted by molar-refractivity contribution is 6.02. The largest absolute Gasteiger partial charge is 0.494 e. The number of nitrogens with zero attached hydrogens (tertiary/aromatic N) is 1. The minimum absolute atomic E-state index is 0.130. The lowest BCUT2D eigenvalue weighted by Gasteiger charge is -2.17. The molecule has 2 aromatic carbocycles.